The zero-order valence-corrected chi connectivity index (χ0v) is 11.9. The van der Waals surface area contributed by atoms with Crippen LogP contribution in [-0.4, -0.2) is 11.8 Å². The number of nitrogens with one attached hydrogen (secondary N) is 1. The molecule has 0 fully saturated rings. The Kier molecular flexibility index (Phi) is 5.72. The summed E-state index contributed by atoms with van der Waals surface area (Å²) in [6.45, 7) is 8.51. The number of thioether (sulfide) groups is 1. The summed E-state index contributed by atoms with van der Waals surface area (Å²) < 4.78 is 1.21. The van der Waals surface area contributed by atoms with Gasteiger partial charge in [-0.25, -0.2) is 0 Å². The van der Waals surface area contributed by atoms with Crippen molar-refractivity contribution in [3.63, 3.8) is 0 Å². The van der Waals surface area contributed by atoms with Gasteiger partial charge in [-0.1, -0.05) is 26.8 Å². The molecule has 1 nitrogen and oxygen atoms in total. The Hall–Kier alpha value is 0.01000. The summed E-state index contributed by atoms with van der Waals surface area (Å²) in [5, 5.41) is 3.95. The molecule has 15 heavy (non-hydrogen) atoms. The molecule has 0 radical (unpaired) electrons. The van der Waals surface area contributed by atoms with Crippen LogP contribution in [0.4, 0.5) is 0 Å². The third-order valence-electron chi connectivity index (χ3n) is 1.94. The molecule has 3 heteroatoms. The van der Waals surface area contributed by atoms with Crippen molar-refractivity contribution in [2.45, 2.75) is 37.5 Å². The molecule has 1 rings (SSSR count). The monoisotopic (exact) mass is 287 g/mol. The fourth-order valence-electron chi connectivity index (χ4n) is 1.27. The Morgan fingerprint density at radius 3 is 2.67 bits per heavy atom. The molecule has 0 spiro atoms. The predicted octanol–water partition coefficient (Wildman–Crippen LogP) is 4.06. The second kappa shape index (κ2) is 6.56. The topological polar surface area (TPSA) is 12.0 Å². The SMILES string of the molecule is CCNCc1ccc(SC(C)C)c(Br)c1. The molecule has 0 bridgehead atoms. The normalized spacial score (nSPS) is 11.0. The minimum atomic E-state index is 0.626. The summed E-state index contributed by atoms with van der Waals surface area (Å²) in [7, 11) is 0. The summed E-state index contributed by atoms with van der Waals surface area (Å²) in [6.07, 6.45) is 0. The molecule has 0 amide bonds. The summed E-state index contributed by atoms with van der Waals surface area (Å²) >= 11 is 5.51. The van der Waals surface area contributed by atoms with Gasteiger partial charge in [-0.2, -0.15) is 0 Å². The fraction of sp³-hybridized carbons (Fsp3) is 0.500. The molecule has 0 aliphatic heterocycles. The van der Waals surface area contributed by atoms with Gasteiger partial charge in [-0.3, -0.25) is 0 Å². The van der Waals surface area contributed by atoms with Crippen molar-refractivity contribution in [1.82, 2.24) is 5.32 Å². The molecule has 1 aromatic carbocycles. The van der Waals surface area contributed by atoms with Crippen molar-refractivity contribution >= 4 is 27.7 Å². The summed E-state index contributed by atoms with van der Waals surface area (Å²) in [6, 6.07) is 6.59. The van der Waals surface area contributed by atoms with Crippen molar-refractivity contribution in [1.29, 1.82) is 0 Å². The van der Waals surface area contributed by atoms with Crippen LogP contribution in [0.5, 0.6) is 0 Å². The van der Waals surface area contributed by atoms with Crippen LogP contribution in [-0.2, 0) is 6.54 Å². The van der Waals surface area contributed by atoms with Crippen LogP contribution in [0.25, 0.3) is 0 Å². The average molecular weight is 288 g/mol. The lowest BCUT2D eigenvalue weighted by Gasteiger charge is -2.09. The van der Waals surface area contributed by atoms with Crippen LogP contribution >= 0.6 is 27.7 Å². The second-order valence-electron chi connectivity index (χ2n) is 3.71. The minimum Gasteiger partial charge on any atom is -0.313 e. The second-order valence-corrected chi connectivity index (χ2v) is 6.18. The van der Waals surface area contributed by atoms with Gasteiger partial charge in [0.25, 0.3) is 0 Å². The van der Waals surface area contributed by atoms with Gasteiger partial charge in [-0.05, 0) is 40.2 Å². The number of hydrogen-bond donors (Lipinski definition) is 1. The summed E-state index contributed by atoms with van der Waals surface area (Å²) in [5.74, 6) is 0. The van der Waals surface area contributed by atoms with Crippen LogP contribution in [0.1, 0.15) is 26.3 Å². The molecule has 0 unspecified atom stereocenters. The third kappa shape index (κ3) is 4.58. The van der Waals surface area contributed by atoms with E-state index in [1.54, 1.807) is 0 Å². The highest BCUT2D eigenvalue weighted by atomic mass is 79.9. The lowest BCUT2D eigenvalue weighted by molar-refractivity contribution is 0.726. The number of halogens is 1. The Labute approximate surface area is 105 Å². The molecule has 0 aliphatic rings. The molecule has 84 valence electrons. The lowest BCUT2D eigenvalue weighted by Crippen LogP contribution is -2.11. The number of benzene rings is 1. The highest BCUT2D eigenvalue weighted by molar-refractivity contribution is 9.10. The molecular formula is C12H18BrNS. The lowest BCUT2D eigenvalue weighted by atomic mass is 10.2. The molecule has 1 aromatic rings. The van der Waals surface area contributed by atoms with Gasteiger partial charge in [0, 0.05) is 21.2 Å². The van der Waals surface area contributed by atoms with Crippen LogP contribution in [0.3, 0.4) is 0 Å². The first-order chi connectivity index (χ1) is 7.13. The van der Waals surface area contributed by atoms with Gasteiger partial charge >= 0.3 is 0 Å². The molecule has 1 N–H and O–H groups in total. The molecule has 0 saturated heterocycles. The van der Waals surface area contributed by atoms with E-state index in [0.717, 1.165) is 13.1 Å². The van der Waals surface area contributed by atoms with Crippen molar-refractivity contribution in [2.75, 3.05) is 6.54 Å². The molecular weight excluding hydrogens is 270 g/mol. The van der Waals surface area contributed by atoms with Gasteiger partial charge in [-0.15, -0.1) is 11.8 Å². The van der Waals surface area contributed by atoms with Gasteiger partial charge in [0.15, 0.2) is 0 Å². The van der Waals surface area contributed by atoms with Crippen LogP contribution in [0.2, 0.25) is 0 Å². The van der Waals surface area contributed by atoms with Crippen molar-refractivity contribution < 1.29 is 0 Å². The Balaban J connectivity index is 2.70. The average Bonchev–Trinajstić information content (AvgIpc) is 2.18. The van der Waals surface area contributed by atoms with Gasteiger partial charge in [0.05, 0.1) is 0 Å². The molecule has 0 saturated carbocycles. The standard InChI is InChI=1S/C12H18BrNS/c1-4-14-8-10-5-6-12(11(13)7-10)15-9(2)3/h5-7,9,14H,4,8H2,1-3H3. The van der Waals surface area contributed by atoms with Gasteiger partial charge in [0.2, 0.25) is 0 Å². The molecule has 0 heterocycles. The molecule has 0 aromatic heterocycles. The highest BCUT2D eigenvalue weighted by Gasteiger charge is 2.04. The van der Waals surface area contributed by atoms with E-state index in [4.69, 9.17) is 0 Å². The highest BCUT2D eigenvalue weighted by Crippen LogP contribution is 2.31. The maximum Gasteiger partial charge on any atom is 0.0314 e. The zero-order chi connectivity index (χ0) is 11.3. The Morgan fingerprint density at radius 1 is 1.40 bits per heavy atom. The minimum absolute atomic E-state index is 0.626. The molecule has 0 atom stereocenters. The van der Waals surface area contributed by atoms with E-state index in [-0.39, 0.29) is 0 Å². The van der Waals surface area contributed by atoms with E-state index in [9.17, 15) is 0 Å². The smallest absolute Gasteiger partial charge is 0.0314 e. The van der Waals surface area contributed by atoms with Crippen molar-refractivity contribution in [2.24, 2.45) is 0 Å². The number of hydrogen-bond acceptors (Lipinski definition) is 2. The first-order valence-electron chi connectivity index (χ1n) is 5.29. The summed E-state index contributed by atoms with van der Waals surface area (Å²) in [4.78, 5) is 1.32. The van der Waals surface area contributed by atoms with Crippen LogP contribution in [0, 0.1) is 0 Å². The fourth-order valence-corrected chi connectivity index (χ4v) is 2.81. The van der Waals surface area contributed by atoms with E-state index < -0.39 is 0 Å². The van der Waals surface area contributed by atoms with Crippen LogP contribution < -0.4 is 5.32 Å². The molecule has 0 aliphatic carbocycles. The van der Waals surface area contributed by atoms with Gasteiger partial charge < -0.3 is 5.32 Å². The quantitative estimate of drug-likeness (QED) is 0.820. The van der Waals surface area contributed by atoms with Gasteiger partial charge in [0.1, 0.15) is 0 Å². The first-order valence-corrected chi connectivity index (χ1v) is 6.96. The maximum absolute atomic E-state index is 3.62. The number of rotatable bonds is 5. The zero-order valence-electron chi connectivity index (χ0n) is 9.51. The van der Waals surface area contributed by atoms with Crippen LogP contribution in [0.15, 0.2) is 27.6 Å². The Bertz CT molecular complexity index is 312. The predicted molar refractivity (Wildman–Crippen MR) is 72.5 cm³/mol. The van der Waals surface area contributed by atoms with E-state index in [0.29, 0.717) is 5.25 Å². The maximum atomic E-state index is 3.62. The summed E-state index contributed by atoms with van der Waals surface area (Å²) in [5.41, 5.74) is 1.33. The largest absolute Gasteiger partial charge is 0.313 e. The van der Waals surface area contributed by atoms with Crippen molar-refractivity contribution in [3.05, 3.63) is 28.2 Å². The first kappa shape index (κ1) is 13.1. The van der Waals surface area contributed by atoms with Crippen molar-refractivity contribution in [3.8, 4) is 0 Å². The van der Waals surface area contributed by atoms with E-state index in [2.05, 4.69) is 60.2 Å². The van der Waals surface area contributed by atoms with E-state index >= 15 is 0 Å². The third-order valence-corrected chi connectivity index (χ3v) is 3.94. The van der Waals surface area contributed by atoms with E-state index in [1.165, 1.54) is 14.9 Å². The van der Waals surface area contributed by atoms with E-state index in [1.807, 2.05) is 11.8 Å². The Morgan fingerprint density at radius 2 is 2.13 bits per heavy atom.